The van der Waals surface area contributed by atoms with Crippen molar-refractivity contribution >= 4 is 33.9 Å². The van der Waals surface area contributed by atoms with E-state index in [9.17, 15) is 66.1 Å². The number of Topliss-reactive ketones (excluding diaryl/α,β-unsaturated/α-hetero) is 2. The Balaban J connectivity index is 0.000000221. The molecule has 0 fully saturated rings. The number of non-ortho nitro benzene ring substituents is 1. The summed E-state index contributed by atoms with van der Waals surface area (Å²) >= 11 is 0. The standard InChI is InChI=1S/C15H9F3N2O5.C15H7F3N2O4/c16-15(17,18)14-9(4-2-6-19-14)12(22)7-11(21)8-3-1-5-10(13(8)23)20(24)25;16-15(17,18)14-9(4-2-6-19-14)12-7-11(21)8-3-1-5-10(20(22)23)13(8)24-12/h1-6,23H,7H2;1-7H. The molecule has 0 unspecified atom stereocenters. The summed E-state index contributed by atoms with van der Waals surface area (Å²) in [5.41, 5.74) is -6.81. The zero-order valence-electron chi connectivity index (χ0n) is 24.0. The van der Waals surface area contributed by atoms with E-state index in [1.54, 1.807) is 0 Å². The SMILES string of the molecule is O=C(CC(=O)c1cccc([N+](=O)[O-])c1O)c1cccnc1C(F)(F)F.O=c1cc(-c2cccnc2C(F)(F)F)oc2c([N+](=O)[O-])cccc12. The van der Waals surface area contributed by atoms with Crippen molar-refractivity contribution in [3.05, 3.63) is 132 Å². The number of ketones is 2. The van der Waals surface area contributed by atoms with Crippen LogP contribution in [0.2, 0.25) is 0 Å². The van der Waals surface area contributed by atoms with E-state index in [1.807, 2.05) is 0 Å². The van der Waals surface area contributed by atoms with Crippen LogP contribution in [0.15, 0.2) is 88.3 Å². The summed E-state index contributed by atoms with van der Waals surface area (Å²) in [5, 5.41) is 31.4. The highest BCUT2D eigenvalue weighted by atomic mass is 19.4. The van der Waals surface area contributed by atoms with Crippen LogP contribution >= 0.6 is 0 Å². The van der Waals surface area contributed by atoms with Crippen molar-refractivity contribution in [1.82, 2.24) is 9.97 Å². The second-order valence-corrected chi connectivity index (χ2v) is 9.63. The van der Waals surface area contributed by atoms with Gasteiger partial charge in [-0.2, -0.15) is 26.3 Å². The third-order valence-electron chi connectivity index (χ3n) is 6.48. The summed E-state index contributed by atoms with van der Waals surface area (Å²) < 4.78 is 83.1. The number of hydrogen-bond acceptors (Lipinski definition) is 11. The number of rotatable bonds is 7. The molecule has 0 saturated carbocycles. The normalized spacial score (nSPS) is 11.4. The summed E-state index contributed by atoms with van der Waals surface area (Å²) in [7, 11) is 0. The molecule has 5 aromatic rings. The van der Waals surface area contributed by atoms with E-state index < -0.39 is 96.6 Å². The quantitative estimate of drug-likeness (QED) is 0.0610. The Morgan fingerprint density at radius 1 is 0.755 bits per heavy atom. The minimum atomic E-state index is -4.89. The number of phenolic OH excluding ortho intramolecular Hbond substituents is 1. The van der Waals surface area contributed by atoms with Gasteiger partial charge in [-0.05, 0) is 36.4 Å². The number of pyridine rings is 2. The minimum absolute atomic E-state index is 0.0922. The number of aromatic hydroxyl groups is 1. The molecule has 0 amide bonds. The summed E-state index contributed by atoms with van der Waals surface area (Å²) in [5.74, 6) is -3.62. The second kappa shape index (κ2) is 13.7. The third-order valence-corrected chi connectivity index (χ3v) is 6.48. The van der Waals surface area contributed by atoms with Gasteiger partial charge < -0.3 is 9.52 Å². The number of phenols is 1. The molecule has 5 rings (SSSR count). The van der Waals surface area contributed by atoms with Crippen LogP contribution in [0.25, 0.3) is 22.3 Å². The predicted octanol–water partition coefficient (Wildman–Crippen LogP) is 6.95. The first kappa shape index (κ1) is 35.3. The van der Waals surface area contributed by atoms with Crippen LogP contribution in [0, 0.1) is 20.2 Å². The van der Waals surface area contributed by atoms with Crippen molar-refractivity contribution in [3.8, 4) is 17.1 Å². The molecule has 0 radical (unpaired) electrons. The molecular formula is C30H16F6N4O9. The fraction of sp³-hybridized carbons (Fsp3) is 0.100. The summed E-state index contributed by atoms with van der Waals surface area (Å²) in [6.07, 6.45) is -8.86. The summed E-state index contributed by atoms with van der Waals surface area (Å²) in [6.45, 7) is 0. The topological polar surface area (TPSA) is 197 Å². The molecule has 0 bridgehead atoms. The number of benzene rings is 2. The summed E-state index contributed by atoms with van der Waals surface area (Å²) in [6, 6.07) is 11.9. The number of nitro benzene ring substituents is 2. The molecular weight excluding hydrogens is 674 g/mol. The third kappa shape index (κ3) is 7.72. The van der Waals surface area contributed by atoms with Gasteiger partial charge in [0.15, 0.2) is 28.4 Å². The second-order valence-electron chi connectivity index (χ2n) is 9.63. The Morgan fingerprint density at radius 2 is 1.29 bits per heavy atom. The number of alkyl halides is 6. The van der Waals surface area contributed by atoms with Gasteiger partial charge in [-0.1, -0.05) is 12.1 Å². The molecule has 0 spiro atoms. The molecule has 252 valence electrons. The van der Waals surface area contributed by atoms with Gasteiger partial charge in [0.1, 0.15) is 5.76 Å². The van der Waals surface area contributed by atoms with Gasteiger partial charge in [-0.15, -0.1) is 0 Å². The first-order valence-corrected chi connectivity index (χ1v) is 13.2. The lowest BCUT2D eigenvalue weighted by Crippen LogP contribution is -2.17. The molecule has 3 heterocycles. The van der Waals surface area contributed by atoms with Gasteiger partial charge in [-0.3, -0.25) is 44.6 Å². The molecule has 0 aliphatic rings. The van der Waals surface area contributed by atoms with E-state index >= 15 is 0 Å². The number of para-hydroxylation sites is 2. The van der Waals surface area contributed by atoms with Crippen molar-refractivity contribution in [2.24, 2.45) is 0 Å². The number of aromatic nitrogens is 2. The van der Waals surface area contributed by atoms with E-state index in [2.05, 4.69) is 9.97 Å². The highest BCUT2D eigenvalue weighted by Crippen LogP contribution is 2.37. The molecule has 0 aliphatic heterocycles. The zero-order valence-corrected chi connectivity index (χ0v) is 24.0. The average Bonchev–Trinajstić information content (AvgIpc) is 3.03. The maximum Gasteiger partial charge on any atom is 0.434 e. The number of carbonyl (C=O) groups excluding carboxylic acids is 2. The Hall–Kier alpha value is -6.53. The summed E-state index contributed by atoms with van der Waals surface area (Å²) in [4.78, 5) is 62.7. The molecule has 0 atom stereocenters. The maximum absolute atomic E-state index is 13.1. The van der Waals surface area contributed by atoms with Crippen molar-refractivity contribution in [3.63, 3.8) is 0 Å². The molecule has 3 aromatic heterocycles. The van der Waals surface area contributed by atoms with E-state index in [-0.39, 0.29) is 11.0 Å². The van der Waals surface area contributed by atoms with Crippen molar-refractivity contribution in [2.75, 3.05) is 0 Å². The number of halogens is 6. The Bertz CT molecular complexity index is 2180. The van der Waals surface area contributed by atoms with E-state index in [4.69, 9.17) is 4.42 Å². The van der Waals surface area contributed by atoms with Crippen LogP contribution in [0.5, 0.6) is 5.75 Å². The van der Waals surface area contributed by atoms with Gasteiger partial charge in [0.25, 0.3) is 0 Å². The minimum Gasteiger partial charge on any atom is -0.502 e. The number of fused-ring (bicyclic) bond motifs is 1. The number of nitro groups is 2. The molecule has 2 aromatic carbocycles. The van der Waals surface area contributed by atoms with E-state index in [0.29, 0.717) is 0 Å². The largest absolute Gasteiger partial charge is 0.502 e. The highest BCUT2D eigenvalue weighted by molar-refractivity contribution is 6.15. The number of carbonyl (C=O) groups is 2. The molecule has 19 heteroatoms. The average molecular weight is 690 g/mol. The Morgan fingerprint density at radius 3 is 1.90 bits per heavy atom. The van der Waals surface area contributed by atoms with Crippen LogP contribution in [-0.2, 0) is 12.4 Å². The molecule has 1 N–H and O–H groups in total. The first-order valence-electron chi connectivity index (χ1n) is 13.2. The molecule has 0 aliphatic carbocycles. The lowest BCUT2D eigenvalue weighted by atomic mass is 9.99. The number of hydrogen-bond donors (Lipinski definition) is 1. The molecule has 13 nitrogen and oxygen atoms in total. The van der Waals surface area contributed by atoms with Crippen LogP contribution in [0.4, 0.5) is 37.7 Å². The molecule has 49 heavy (non-hydrogen) atoms. The van der Waals surface area contributed by atoms with Gasteiger partial charge in [0, 0.05) is 41.7 Å². The van der Waals surface area contributed by atoms with Crippen LogP contribution < -0.4 is 5.43 Å². The smallest absolute Gasteiger partial charge is 0.434 e. The fourth-order valence-electron chi connectivity index (χ4n) is 4.37. The van der Waals surface area contributed by atoms with Crippen LogP contribution in [0.3, 0.4) is 0 Å². The molecule has 0 saturated heterocycles. The van der Waals surface area contributed by atoms with Crippen molar-refractivity contribution < 1.29 is 55.3 Å². The first-order chi connectivity index (χ1) is 22.9. The van der Waals surface area contributed by atoms with E-state index in [1.165, 1.54) is 18.2 Å². The monoisotopic (exact) mass is 690 g/mol. The fourth-order valence-corrected chi connectivity index (χ4v) is 4.37. The van der Waals surface area contributed by atoms with Crippen LogP contribution in [-0.4, -0.2) is 36.5 Å². The van der Waals surface area contributed by atoms with Crippen molar-refractivity contribution in [1.29, 1.82) is 0 Å². The Labute approximate surface area is 267 Å². The van der Waals surface area contributed by atoms with Crippen LogP contribution in [0.1, 0.15) is 38.5 Å². The van der Waals surface area contributed by atoms with E-state index in [0.717, 1.165) is 60.9 Å². The van der Waals surface area contributed by atoms with Gasteiger partial charge in [0.2, 0.25) is 11.3 Å². The number of nitrogens with zero attached hydrogens (tertiary/aromatic N) is 4. The lowest BCUT2D eigenvalue weighted by Gasteiger charge is -2.11. The maximum atomic E-state index is 13.1. The zero-order chi connectivity index (χ0) is 36.3. The predicted molar refractivity (Wildman–Crippen MR) is 155 cm³/mol. The van der Waals surface area contributed by atoms with Crippen molar-refractivity contribution in [2.45, 2.75) is 18.8 Å². The lowest BCUT2D eigenvalue weighted by molar-refractivity contribution is -0.385. The van der Waals surface area contributed by atoms with Gasteiger partial charge in [-0.25, -0.2) is 0 Å². The van der Waals surface area contributed by atoms with Gasteiger partial charge in [0.05, 0.1) is 27.2 Å². The highest BCUT2D eigenvalue weighted by Gasteiger charge is 2.38. The Kier molecular flexibility index (Phi) is 9.86. The van der Waals surface area contributed by atoms with Gasteiger partial charge >= 0.3 is 23.7 Å².